The molecule has 0 bridgehead atoms. The average molecular weight is 365 g/mol. The Balaban J connectivity index is 2.07. The summed E-state index contributed by atoms with van der Waals surface area (Å²) in [6, 6.07) is 5.65. The number of halogens is 1. The molecule has 1 aromatic rings. The van der Waals surface area contributed by atoms with Crippen LogP contribution in [-0.4, -0.2) is 65.0 Å². The Morgan fingerprint density at radius 1 is 1.38 bits per heavy atom. The van der Waals surface area contributed by atoms with Gasteiger partial charge in [-0.15, -0.1) is 0 Å². The third-order valence-corrected chi connectivity index (χ3v) is 4.61. The van der Waals surface area contributed by atoms with E-state index in [-0.39, 0.29) is 36.7 Å². The van der Waals surface area contributed by atoms with Crippen molar-refractivity contribution in [3.05, 3.63) is 35.6 Å². The molecule has 1 atom stereocenters. The summed E-state index contributed by atoms with van der Waals surface area (Å²) in [5.74, 6) is -0.550. The molecule has 2 N–H and O–H groups in total. The van der Waals surface area contributed by atoms with Crippen molar-refractivity contribution in [2.75, 3.05) is 26.2 Å². The molecule has 0 spiro atoms. The molecule has 2 rings (SSSR count). The highest BCUT2D eigenvalue weighted by Gasteiger charge is 2.33. The largest absolute Gasteiger partial charge is 0.396 e. The highest BCUT2D eigenvalue weighted by Crippen LogP contribution is 2.16. The minimum atomic E-state index is -0.545. The minimum absolute atomic E-state index is 0.00579. The van der Waals surface area contributed by atoms with Crippen molar-refractivity contribution in [1.29, 1.82) is 0 Å². The second kappa shape index (κ2) is 9.64. The minimum Gasteiger partial charge on any atom is -0.396 e. The van der Waals surface area contributed by atoms with E-state index in [9.17, 15) is 14.0 Å². The van der Waals surface area contributed by atoms with Crippen molar-refractivity contribution in [2.24, 2.45) is 0 Å². The molecule has 2 amide bonds. The lowest BCUT2D eigenvalue weighted by molar-refractivity contribution is -0.140. The molecule has 1 aliphatic heterocycles. The first-order valence-corrected chi connectivity index (χ1v) is 9.09. The Hall–Kier alpha value is -1.99. The van der Waals surface area contributed by atoms with Crippen LogP contribution in [0.25, 0.3) is 0 Å². The van der Waals surface area contributed by atoms with Gasteiger partial charge in [0.25, 0.3) is 0 Å². The Labute approximate surface area is 154 Å². The predicted molar refractivity (Wildman–Crippen MR) is 96.8 cm³/mol. The van der Waals surface area contributed by atoms with Gasteiger partial charge < -0.3 is 15.3 Å². The lowest BCUT2D eigenvalue weighted by Crippen LogP contribution is -2.56. The number of piperazine rings is 1. The number of carbonyl (C=O) groups excluding carboxylic acids is 2. The van der Waals surface area contributed by atoms with Crippen LogP contribution in [0.3, 0.4) is 0 Å². The summed E-state index contributed by atoms with van der Waals surface area (Å²) in [6.07, 6.45) is 0.608. The van der Waals surface area contributed by atoms with Crippen molar-refractivity contribution in [3.63, 3.8) is 0 Å². The van der Waals surface area contributed by atoms with Gasteiger partial charge in [-0.3, -0.25) is 14.5 Å². The molecule has 0 unspecified atom stereocenters. The zero-order valence-electron chi connectivity index (χ0n) is 15.4. The fourth-order valence-corrected chi connectivity index (χ4v) is 3.19. The third kappa shape index (κ3) is 5.51. The summed E-state index contributed by atoms with van der Waals surface area (Å²) in [4.78, 5) is 28.8. The van der Waals surface area contributed by atoms with Crippen LogP contribution in [-0.2, 0) is 16.1 Å². The maximum Gasteiger partial charge on any atom is 0.237 e. The van der Waals surface area contributed by atoms with E-state index in [2.05, 4.69) is 5.32 Å². The van der Waals surface area contributed by atoms with Crippen LogP contribution in [0.5, 0.6) is 0 Å². The Morgan fingerprint density at radius 3 is 2.69 bits per heavy atom. The van der Waals surface area contributed by atoms with Crippen LogP contribution in [0.4, 0.5) is 4.39 Å². The topological polar surface area (TPSA) is 72.9 Å². The maximum atomic E-state index is 13.1. The Kier molecular flexibility index (Phi) is 7.53. The van der Waals surface area contributed by atoms with Crippen LogP contribution in [0.1, 0.15) is 32.3 Å². The molecule has 1 saturated heterocycles. The third-order valence-electron chi connectivity index (χ3n) is 4.61. The molecule has 0 aliphatic carbocycles. The molecule has 0 saturated carbocycles. The number of amides is 2. The summed E-state index contributed by atoms with van der Waals surface area (Å²) >= 11 is 0. The van der Waals surface area contributed by atoms with Gasteiger partial charge in [-0.05, 0) is 38.0 Å². The van der Waals surface area contributed by atoms with Gasteiger partial charge in [0.05, 0.1) is 12.5 Å². The van der Waals surface area contributed by atoms with Crippen molar-refractivity contribution in [2.45, 2.75) is 45.3 Å². The summed E-state index contributed by atoms with van der Waals surface area (Å²) in [5, 5.41) is 11.9. The number of hydrogen-bond acceptors (Lipinski definition) is 4. The zero-order chi connectivity index (χ0) is 19.1. The molecule has 0 radical (unpaired) electrons. The number of hydrogen-bond donors (Lipinski definition) is 2. The highest BCUT2D eigenvalue weighted by molar-refractivity contribution is 5.89. The Morgan fingerprint density at radius 2 is 2.08 bits per heavy atom. The van der Waals surface area contributed by atoms with Gasteiger partial charge >= 0.3 is 0 Å². The lowest BCUT2D eigenvalue weighted by Gasteiger charge is -2.36. The number of rotatable bonds is 8. The normalized spacial score (nSPS) is 18.0. The zero-order valence-corrected chi connectivity index (χ0v) is 15.4. The van der Waals surface area contributed by atoms with E-state index >= 15 is 0 Å². The predicted octanol–water partition coefficient (Wildman–Crippen LogP) is 1.14. The van der Waals surface area contributed by atoms with Crippen LogP contribution in [0, 0.1) is 5.82 Å². The monoisotopic (exact) mass is 365 g/mol. The van der Waals surface area contributed by atoms with E-state index < -0.39 is 6.04 Å². The molecule has 26 heavy (non-hydrogen) atoms. The van der Waals surface area contributed by atoms with Crippen LogP contribution >= 0.6 is 0 Å². The average Bonchev–Trinajstić information content (AvgIpc) is 2.60. The van der Waals surface area contributed by atoms with Crippen molar-refractivity contribution < 1.29 is 19.1 Å². The van der Waals surface area contributed by atoms with Crippen molar-refractivity contribution in [3.8, 4) is 0 Å². The van der Waals surface area contributed by atoms with E-state index in [1.165, 1.54) is 12.1 Å². The van der Waals surface area contributed by atoms with Gasteiger partial charge in [0, 0.05) is 38.8 Å². The number of aliphatic hydroxyl groups excluding tert-OH is 1. The first-order valence-electron chi connectivity index (χ1n) is 9.09. The van der Waals surface area contributed by atoms with Crippen LogP contribution < -0.4 is 5.32 Å². The molecular formula is C19H28FN3O3. The SMILES string of the molecule is CC(C)N(CCCO)C(=O)C[C@H]1C(=O)NCCN1Cc1ccc(F)cc1. The van der Waals surface area contributed by atoms with Gasteiger partial charge in [0.15, 0.2) is 0 Å². The summed E-state index contributed by atoms with van der Waals surface area (Å²) in [7, 11) is 0. The summed E-state index contributed by atoms with van der Waals surface area (Å²) < 4.78 is 13.1. The molecule has 1 aromatic carbocycles. The fourth-order valence-electron chi connectivity index (χ4n) is 3.19. The highest BCUT2D eigenvalue weighted by atomic mass is 19.1. The van der Waals surface area contributed by atoms with Crippen molar-refractivity contribution in [1.82, 2.24) is 15.1 Å². The second-order valence-electron chi connectivity index (χ2n) is 6.87. The van der Waals surface area contributed by atoms with Gasteiger partial charge in [-0.25, -0.2) is 4.39 Å². The molecule has 1 fully saturated rings. The number of carbonyl (C=O) groups is 2. The number of benzene rings is 1. The first-order chi connectivity index (χ1) is 12.4. The van der Waals surface area contributed by atoms with Crippen molar-refractivity contribution >= 4 is 11.8 Å². The molecular weight excluding hydrogens is 337 g/mol. The maximum absolute atomic E-state index is 13.1. The quantitative estimate of drug-likeness (QED) is 0.725. The first kappa shape index (κ1) is 20.3. The molecule has 1 heterocycles. The summed E-state index contributed by atoms with van der Waals surface area (Å²) in [6.45, 7) is 6.00. The number of aliphatic hydroxyl groups is 1. The number of nitrogens with one attached hydrogen (secondary N) is 1. The van der Waals surface area contributed by atoms with E-state index in [0.717, 1.165) is 5.56 Å². The van der Waals surface area contributed by atoms with E-state index in [0.29, 0.717) is 32.6 Å². The molecule has 6 nitrogen and oxygen atoms in total. The molecule has 1 aliphatic rings. The standard InChI is InChI=1S/C19H28FN3O3/c1-14(2)23(9-3-11-24)18(25)12-17-19(26)21-8-10-22(17)13-15-4-6-16(20)7-5-15/h4-7,14,17,24H,3,8-13H2,1-2H3,(H,21,26)/t17-/m0/s1. The smallest absolute Gasteiger partial charge is 0.237 e. The fraction of sp³-hybridized carbons (Fsp3) is 0.579. The van der Waals surface area contributed by atoms with Gasteiger partial charge in [0.1, 0.15) is 5.82 Å². The second-order valence-corrected chi connectivity index (χ2v) is 6.87. The number of nitrogens with zero attached hydrogens (tertiary/aromatic N) is 2. The summed E-state index contributed by atoms with van der Waals surface area (Å²) in [5.41, 5.74) is 0.902. The van der Waals surface area contributed by atoms with Gasteiger partial charge in [0.2, 0.25) is 11.8 Å². The van der Waals surface area contributed by atoms with E-state index in [1.54, 1.807) is 17.0 Å². The van der Waals surface area contributed by atoms with Crippen LogP contribution in [0.15, 0.2) is 24.3 Å². The van der Waals surface area contributed by atoms with E-state index in [1.807, 2.05) is 18.7 Å². The van der Waals surface area contributed by atoms with Gasteiger partial charge in [-0.1, -0.05) is 12.1 Å². The lowest BCUT2D eigenvalue weighted by atomic mass is 10.1. The Bertz CT molecular complexity index is 607. The molecule has 0 aromatic heterocycles. The van der Waals surface area contributed by atoms with E-state index in [4.69, 9.17) is 5.11 Å². The molecule has 144 valence electrons. The molecule has 7 heteroatoms. The van der Waals surface area contributed by atoms with Gasteiger partial charge in [-0.2, -0.15) is 0 Å². The van der Waals surface area contributed by atoms with Crippen LogP contribution in [0.2, 0.25) is 0 Å².